The Labute approximate surface area is 128 Å². The second-order valence-electron chi connectivity index (χ2n) is 5.07. The summed E-state index contributed by atoms with van der Waals surface area (Å²) in [5, 5.41) is 2.81. The number of barbiturate groups is 1. The van der Waals surface area contributed by atoms with Crippen molar-refractivity contribution in [1.29, 1.82) is 0 Å². The first-order valence-electron chi connectivity index (χ1n) is 6.86. The van der Waals surface area contributed by atoms with Crippen molar-refractivity contribution in [3.05, 3.63) is 34.9 Å². The summed E-state index contributed by atoms with van der Waals surface area (Å²) >= 11 is 5.91. The molecule has 1 aromatic rings. The lowest BCUT2D eigenvalue weighted by atomic mass is 9.78. The summed E-state index contributed by atoms with van der Waals surface area (Å²) < 4.78 is 0. The van der Waals surface area contributed by atoms with E-state index in [0.29, 0.717) is 17.9 Å². The van der Waals surface area contributed by atoms with Crippen LogP contribution in [0.1, 0.15) is 32.3 Å². The van der Waals surface area contributed by atoms with Gasteiger partial charge in [0.15, 0.2) is 0 Å². The number of nitrogens with zero attached hydrogens (tertiary/aromatic N) is 1. The van der Waals surface area contributed by atoms with Gasteiger partial charge >= 0.3 is 6.03 Å². The number of urea groups is 1. The Morgan fingerprint density at radius 1 is 1.19 bits per heavy atom. The van der Waals surface area contributed by atoms with Crippen molar-refractivity contribution in [2.75, 3.05) is 0 Å². The predicted molar refractivity (Wildman–Crippen MR) is 78.6 cm³/mol. The fourth-order valence-electron chi connectivity index (χ4n) is 2.57. The number of halogens is 1. The highest BCUT2D eigenvalue weighted by Crippen LogP contribution is 2.33. The third-order valence-electron chi connectivity index (χ3n) is 3.99. The molecule has 0 bridgehead atoms. The minimum absolute atomic E-state index is 0.0975. The zero-order chi connectivity index (χ0) is 15.6. The maximum Gasteiger partial charge on any atom is 0.331 e. The van der Waals surface area contributed by atoms with E-state index in [9.17, 15) is 14.4 Å². The lowest BCUT2D eigenvalue weighted by Crippen LogP contribution is -2.63. The average molecular weight is 309 g/mol. The molecule has 2 rings (SSSR count). The largest absolute Gasteiger partial charge is 0.331 e. The third-order valence-corrected chi connectivity index (χ3v) is 4.23. The summed E-state index contributed by atoms with van der Waals surface area (Å²) in [6.07, 6.45) is 0.709. The van der Waals surface area contributed by atoms with Crippen molar-refractivity contribution in [3.63, 3.8) is 0 Å². The quantitative estimate of drug-likeness (QED) is 0.870. The van der Waals surface area contributed by atoms with Crippen LogP contribution in [0.15, 0.2) is 24.3 Å². The first kappa shape index (κ1) is 15.5. The first-order chi connectivity index (χ1) is 9.94. The molecule has 1 fully saturated rings. The van der Waals surface area contributed by atoms with Crippen LogP contribution in [-0.4, -0.2) is 22.7 Å². The minimum atomic E-state index is -1.16. The van der Waals surface area contributed by atoms with E-state index in [2.05, 4.69) is 5.32 Å². The normalized spacial score (nSPS) is 17.9. The second kappa shape index (κ2) is 5.85. The molecule has 112 valence electrons. The molecule has 0 spiro atoms. The molecule has 0 radical (unpaired) electrons. The molecule has 1 heterocycles. The number of carbonyl (C=O) groups excluding carboxylic acids is 3. The monoisotopic (exact) mass is 308 g/mol. The van der Waals surface area contributed by atoms with Gasteiger partial charge < -0.3 is 0 Å². The molecular weight excluding hydrogens is 292 g/mol. The molecule has 1 N–H and O–H groups in total. The van der Waals surface area contributed by atoms with Gasteiger partial charge in [0.1, 0.15) is 5.41 Å². The number of hydrogen-bond acceptors (Lipinski definition) is 3. The van der Waals surface area contributed by atoms with Crippen LogP contribution in [0.4, 0.5) is 4.79 Å². The van der Waals surface area contributed by atoms with Gasteiger partial charge in [0, 0.05) is 5.02 Å². The average Bonchev–Trinajstić information content (AvgIpc) is 2.45. The van der Waals surface area contributed by atoms with Gasteiger partial charge in [0.05, 0.1) is 6.54 Å². The van der Waals surface area contributed by atoms with E-state index < -0.39 is 23.3 Å². The maximum absolute atomic E-state index is 12.6. The molecule has 0 unspecified atom stereocenters. The summed E-state index contributed by atoms with van der Waals surface area (Å²) in [4.78, 5) is 37.7. The van der Waals surface area contributed by atoms with E-state index in [4.69, 9.17) is 11.6 Å². The molecule has 0 aromatic heterocycles. The van der Waals surface area contributed by atoms with Crippen LogP contribution in [0.3, 0.4) is 0 Å². The molecule has 5 nitrogen and oxygen atoms in total. The maximum atomic E-state index is 12.6. The Bertz CT molecular complexity index is 596. The Hall–Kier alpha value is -1.88. The lowest BCUT2D eigenvalue weighted by molar-refractivity contribution is -0.152. The number of rotatable bonds is 4. The molecule has 0 aliphatic carbocycles. The van der Waals surface area contributed by atoms with Gasteiger partial charge in [-0.15, -0.1) is 0 Å². The molecule has 1 saturated heterocycles. The lowest BCUT2D eigenvalue weighted by Gasteiger charge is -2.38. The number of imide groups is 2. The summed E-state index contributed by atoms with van der Waals surface area (Å²) in [7, 11) is 0. The molecule has 21 heavy (non-hydrogen) atoms. The molecule has 0 atom stereocenters. The highest BCUT2D eigenvalue weighted by molar-refractivity contribution is 6.30. The zero-order valence-electron chi connectivity index (χ0n) is 12.0. The van der Waals surface area contributed by atoms with Crippen molar-refractivity contribution in [1.82, 2.24) is 10.2 Å². The van der Waals surface area contributed by atoms with Crippen molar-refractivity contribution >= 4 is 29.4 Å². The highest BCUT2D eigenvalue weighted by atomic mass is 35.5. The van der Waals surface area contributed by atoms with Crippen LogP contribution in [0, 0.1) is 5.41 Å². The summed E-state index contributed by atoms with van der Waals surface area (Å²) in [6, 6.07) is 6.26. The fraction of sp³-hybridized carbons (Fsp3) is 0.400. The van der Waals surface area contributed by atoms with Crippen LogP contribution < -0.4 is 5.32 Å². The second-order valence-corrected chi connectivity index (χ2v) is 5.51. The SMILES string of the molecule is CCC1(CC)C(=O)NC(=O)N(Cc2cccc(Cl)c2)C1=O. The van der Waals surface area contributed by atoms with Crippen LogP contribution in [0.5, 0.6) is 0 Å². The minimum Gasteiger partial charge on any atom is -0.277 e. The molecule has 1 aromatic carbocycles. The van der Waals surface area contributed by atoms with E-state index in [1.807, 2.05) is 0 Å². The Balaban J connectivity index is 2.32. The van der Waals surface area contributed by atoms with Gasteiger partial charge in [-0.1, -0.05) is 37.6 Å². The van der Waals surface area contributed by atoms with E-state index in [-0.39, 0.29) is 6.54 Å². The summed E-state index contributed by atoms with van der Waals surface area (Å²) in [5.74, 6) is -0.953. The van der Waals surface area contributed by atoms with E-state index in [1.54, 1.807) is 38.1 Å². The highest BCUT2D eigenvalue weighted by Gasteiger charge is 2.51. The van der Waals surface area contributed by atoms with E-state index >= 15 is 0 Å². The predicted octanol–water partition coefficient (Wildman–Crippen LogP) is 2.72. The van der Waals surface area contributed by atoms with Crippen LogP contribution in [-0.2, 0) is 16.1 Å². The number of hydrogen-bond donors (Lipinski definition) is 1. The molecule has 6 heteroatoms. The van der Waals surface area contributed by atoms with Crippen LogP contribution in [0.25, 0.3) is 0 Å². The summed E-state index contributed by atoms with van der Waals surface area (Å²) in [5.41, 5.74) is -0.423. The van der Waals surface area contributed by atoms with Crippen molar-refractivity contribution in [3.8, 4) is 0 Å². The topological polar surface area (TPSA) is 66.5 Å². The Morgan fingerprint density at radius 2 is 1.86 bits per heavy atom. The molecule has 1 aliphatic heterocycles. The van der Waals surface area contributed by atoms with Crippen molar-refractivity contribution < 1.29 is 14.4 Å². The number of carbonyl (C=O) groups is 3. The molecule has 1 aliphatic rings. The Morgan fingerprint density at radius 3 is 2.43 bits per heavy atom. The molecular formula is C15H17ClN2O3. The van der Waals surface area contributed by atoms with Gasteiger partial charge in [0.25, 0.3) is 0 Å². The fourth-order valence-corrected chi connectivity index (χ4v) is 2.78. The van der Waals surface area contributed by atoms with Gasteiger partial charge in [-0.05, 0) is 30.5 Å². The van der Waals surface area contributed by atoms with Gasteiger partial charge in [0.2, 0.25) is 11.8 Å². The molecule has 0 saturated carbocycles. The number of benzene rings is 1. The van der Waals surface area contributed by atoms with Gasteiger partial charge in [-0.2, -0.15) is 0 Å². The van der Waals surface area contributed by atoms with E-state index in [1.165, 1.54) is 0 Å². The number of nitrogens with one attached hydrogen (secondary N) is 1. The standard InChI is InChI=1S/C15H17ClN2O3/c1-3-15(4-2)12(19)17-14(21)18(13(15)20)9-10-6-5-7-11(16)8-10/h5-8H,3-4,9H2,1-2H3,(H,17,19,21). The van der Waals surface area contributed by atoms with Crippen LogP contribution >= 0.6 is 11.6 Å². The smallest absolute Gasteiger partial charge is 0.277 e. The van der Waals surface area contributed by atoms with Gasteiger partial charge in [-0.25, -0.2) is 4.79 Å². The number of amides is 4. The van der Waals surface area contributed by atoms with Crippen molar-refractivity contribution in [2.45, 2.75) is 33.2 Å². The Kier molecular flexibility index (Phi) is 4.32. The third kappa shape index (κ3) is 2.65. The molecule has 4 amide bonds. The van der Waals surface area contributed by atoms with Crippen LogP contribution in [0.2, 0.25) is 5.02 Å². The van der Waals surface area contributed by atoms with Crippen molar-refractivity contribution in [2.24, 2.45) is 5.41 Å². The summed E-state index contributed by atoms with van der Waals surface area (Å²) in [6.45, 7) is 3.64. The van der Waals surface area contributed by atoms with E-state index in [0.717, 1.165) is 10.5 Å². The zero-order valence-corrected chi connectivity index (χ0v) is 12.7. The first-order valence-corrected chi connectivity index (χ1v) is 7.24. The van der Waals surface area contributed by atoms with Gasteiger partial charge in [-0.3, -0.25) is 19.8 Å².